The van der Waals surface area contributed by atoms with E-state index < -0.39 is 6.10 Å². The van der Waals surface area contributed by atoms with E-state index in [1.54, 1.807) is 0 Å². The predicted octanol–water partition coefficient (Wildman–Crippen LogP) is 1.46. The van der Waals surface area contributed by atoms with E-state index in [4.69, 9.17) is 9.47 Å². The first-order valence-electron chi connectivity index (χ1n) is 6.14. The van der Waals surface area contributed by atoms with Crippen LogP contribution in [0.25, 0.3) is 0 Å². The lowest BCUT2D eigenvalue weighted by molar-refractivity contribution is -0.161. The molecule has 4 heteroatoms. The largest absolute Gasteiger partial charge is 0.467 e. The van der Waals surface area contributed by atoms with E-state index in [9.17, 15) is 4.79 Å². The summed E-state index contributed by atoms with van der Waals surface area (Å²) < 4.78 is 10.1. The van der Waals surface area contributed by atoms with Crippen LogP contribution in [-0.2, 0) is 14.3 Å². The molecule has 0 aromatic carbocycles. The van der Waals surface area contributed by atoms with Gasteiger partial charge in [-0.15, -0.1) is 6.58 Å². The molecular weight excluding hydrogens is 218 g/mol. The Balaban J connectivity index is 2.53. The third kappa shape index (κ3) is 3.82. The summed E-state index contributed by atoms with van der Waals surface area (Å²) in [5, 5.41) is 0. The topological polar surface area (TPSA) is 38.8 Å². The second-order valence-corrected chi connectivity index (χ2v) is 4.62. The van der Waals surface area contributed by atoms with Crippen LogP contribution in [0.2, 0.25) is 0 Å². The molecule has 0 unspecified atom stereocenters. The zero-order chi connectivity index (χ0) is 12.8. The number of carbonyl (C=O) groups is 1. The summed E-state index contributed by atoms with van der Waals surface area (Å²) in [6, 6.07) is 0.420. The van der Waals surface area contributed by atoms with Gasteiger partial charge >= 0.3 is 5.97 Å². The maximum absolute atomic E-state index is 11.4. The second-order valence-electron chi connectivity index (χ2n) is 4.62. The minimum atomic E-state index is -0.438. The molecule has 98 valence electrons. The highest BCUT2D eigenvalue weighted by atomic mass is 16.6. The lowest BCUT2D eigenvalue weighted by Crippen LogP contribution is -2.51. The van der Waals surface area contributed by atoms with E-state index in [-0.39, 0.29) is 5.97 Å². The van der Waals surface area contributed by atoms with Crippen LogP contribution in [0.5, 0.6) is 0 Å². The first kappa shape index (κ1) is 14.2. The van der Waals surface area contributed by atoms with Crippen molar-refractivity contribution in [2.24, 2.45) is 5.92 Å². The van der Waals surface area contributed by atoms with Crippen molar-refractivity contribution in [3.05, 3.63) is 12.7 Å². The Hall–Kier alpha value is -0.870. The standard InChI is InChI=1S/C13H23NO3/c1-5-6-10(2)11(3)14-7-8-17-12(9-14)13(15)16-4/h5,10-12H,1,6-9H2,2-4H3/t10-,11-,12-/m0/s1. The maximum Gasteiger partial charge on any atom is 0.336 e. The molecule has 0 bridgehead atoms. The third-order valence-corrected chi connectivity index (χ3v) is 3.50. The number of nitrogens with zero attached hydrogens (tertiary/aromatic N) is 1. The van der Waals surface area contributed by atoms with Crippen molar-refractivity contribution in [3.63, 3.8) is 0 Å². The quantitative estimate of drug-likeness (QED) is 0.539. The van der Waals surface area contributed by atoms with Crippen LogP contribution in [-0.4, -0.2) is 49.8 Å². The van der Waals surface area contributed by atoms with Crippen LogP contribution in [0, 0.1) is 5.92 Å². The summed E-state index contributed by atoms with van der Waals surface area (Å²) >= 11 is 0. The fraction of sp³-hybridized carbons (Fsp3) is 0.769. The van der Waals surface area contributed by atoms with Crippen LogP contribution in [0.4, 0.5) is 0 Å². The Bertz CT molecular complexity index is 267. The Morgan fingerprint density at radius 2 is 2.35 bits per heavy atom. The normalized spacial score (nSPS) is 25.0. The Morgan fingerprint density at radius 1 is 1.65 bits per heavy atom. The molecule has 0 saturated carbocycles. The maximum atomic E-state index is 11.4. The van der Waals surface area contributed by atoms with Crippen LogP contribution >= 0.6 is 0 Å². The average Bonchev–Trinajstić information content (AvgIpc) is 2.37. The number of methoxy groups -OCH3 is 1. The third-order valence-electron chi connectivity index (χ3n) is 3.50. The molecule has 17 heavy (non-hydrogen) atoms. The molecular formula is C13H23NO3. The number of hydrogen-bond donors (Lipinski definition) is 0. The zero-order valence-electron chi connectivity index (χ0n) is 11.0. The van der Waals surface area contributed by atoms with E-state index in [1.807, 2.05) is 6.08 Å². The van der Waals surface area contributed by atoms with E-state index in [0.717, 1.165) is 13.0 Å². The first-order valence-corrected chi connectivity index (χ1v) is 6.14. The summed E-state index contributed by atoms with van der Waals surface area (Å²) in [5.41, 5.74) is 0. The van der Waals surface area contributed by atoms with Crippen LogP contribution in [0.1, 0.15) is 20.3 Å². The number of ether oxygens (including phenoxy) is 2. The van der Waals surface area contributed by atoms with Gasteiger partial charge in [-0.2, -0.15) is 0 Å². The van der Waals surface area contributed by atoms with E-state index in [0.29, 0.717) is 25.1 Å². The molecule has 1 saturated heterocycles. The SMILES string of the molecule is C=CC[C@H](C)[C@H](C)N1CCO[C@H](C(=O)OC)C1. The van der Waals surface area contributed by atoms with Crippen LogP contribution in [0.3, 0.4) is 0 Å². The fourth-order valence-electron chi connectivity index (χ4n) is 2.13. The molecule has 0 N–H and O–H groups in total. The van der Waals surface area contributed by atoms with Gasteiger partial charge in [0.2, 0.25) is 0 Å². The highest BCUT2D eigenvalue weighted by molar-refractivity contribution is 5.74. The Kier molecular flexibility index (Phi) is 5.65. The number of rotatable bonds is 5. The van der Waals surface area contributed by atoms with Gasteiger partial charge in [-0.3, -0.25) is 4.90 Å². The molecule has 0 aromatic rings. The highest BCUT2D eigenvalue weighted by Gasteiger charge is 2.30. The van der Waals surface area contributed by atoms with Crippen molar-refractivity contribution in [2.45, 2.75) is 32.4 Å². The van der Waals surface area contributed by atoms with Crippen LogP contribution in [0.15, 0.2) is 12.7 Å². The van der Waals surface area contributed by atoms with Gasteiger partial charge in [-0.1, -0.05) is 13.0 Å². The molecule has 1 rings (SSSR count). The molecule has 1 heterocycles. The van der Waals surface area contributed by atoms with Gasteiger partial charge in [0.25, 0.3) is 0 Å². The van der Waals surface area contributed by atoms with Crippen molar-refractivity contribution < 1.29 is 14.3 Å². The monoisotopic (exact) mass is 241 g/mol. The molecule has 1 aliphatic heterocycles. The Labute approximate surface area is 104 Å². The molecule has 0 aliphatic carbocycles. The van der Waals surface area contributed by atoms with Crippen molar-refractivity contribution in [3.8, 4) is 0 Å². The first-order chi connectivity index (χ1) is 8.10. The van der Waals surface area contributed by atoms with Gasteiger partial charge in [0, 0.05) is 19.1 Å². The smallest absolute Gasteiger partial charge is 0.336 e. The molecule has 0 aromatic heterocycles. The zero-order valence-corrected chi connectivity index (χ0v) is 11.0. The van der Waals surface area contributed by atoms with Crippen molar-refractivity contribution >= 4 is 5.97 Å². The van der Waals surface area contributed by atoms with E-state index >= 15 is 0 Å². The lowest BCUT2D eigenvalue weighted by atomic mass is 9.97. The molecule has 0 amide bonds. The summed E-state index contributed by atoms with van der Waals surface area (Å²) in [6.07, 6.45) is 2.49. The van der Waals surface area contributed by atoms with Crippen molar-refractivity contribution in [2.75, 3.05) is 26.8 Å². The number of allylic oxidation sites excluding steroid dienone is 1. The van der Waals surface area contributed by atoms with Gasteiger partial charge in [0.15, 0.2) is 6.10 Å². The summed E-state index contributed by atoms with van der Waals surface area (Å²) in [6.45, 7) is 10.2. The van der Waals surface area contributed by atoms with Gasteiger partial charge < -0.3 is 9.47 Å². The molecule has 0 radical (unpaired) electrons. The fourth-order valence-corrected chi connectivity index (χ4v) is 2.13. The minimum Gasteiger partial charge on any atom is -0.467 e. The molecule has 1 aliphatic rings. The van der Waals surface area contributed by atoms with Crippen LogP contribution < -0.4 is 0 Å². The van der Waals surface area contributed by atoms with Gasteiger partial charge in [0.1, 0.15) is 0 Å². The molecule has 3 atom stereocenters. The van der Waals surface area contributed by atoms with Gasteiger partial charge in [-0.25, -0.2) is 4.79 Å². The highest BCUT2D eigenvalue weighted by Crippen LogP contribution is 2.18. The minimum absolute atomic E-state index is 0.279. The van der Waals surface area contributed by atoms with Gasteiger partial charge in [-0.05, 0) is 19.3 Å². The molecule has 0 spiro atoms. The van der Waals surface area contributed by atoms with E-state index in [2.05, 4.69) is 25.3 Å². The second kappa shape index (κ2) is 6.77. The predicted molar refractivity (Wildman–Crippen MR) is 66.8 cm³/mol. The summed E-state index contributed by atoms with van der Waals surface area (Å²) in [5.74, 6) is 0.252. The van der Waals surface area contributed by atoms with Crippen molar-refractivity contribution in [1.82, 2.24) is 4.90 Å². The van der Waals surface area contributed by atoms with Crippen molar-refractivity contribution in [1.29, 1.82) is 0 Å². The molecule has 4 nitrogen and oxygen atoms in total. The average molecular weight is 241 g/mol. The summed E-state index contributed by atoms with van der Waals surface area (Å²) in [7, 11) is 1.40. The van der Waals surface area contributed by atoms with Gasteiger partial charge in [0.05, 0.1) is 13.7 Å². The summed E-state index contributed by atoms with van der Waals surface area (Å²) in [4.78, 5) is 13.7. The Morgan fingerprint density at radius 3 is 2.94 bits per heavy atom. The number of morpholine rings is 1. The number of hydrogen-bond acceptors (Lipinski definition) is 4. The van der Waals surface area contributed by atoms with E-state index in [1.165, 1.54) is 7.11 Å². The number of carbonyl (C=O) groups excluding carboxylic acids is 1. The lowest BCUT2D eigenvalue weighted by Gasteiger charge is -2.38. The number of esters is 1. The molecule has 1 fully saturated rings.